The van der Waals surface area contributed by atoms with E-state index in [1.54, 1.807) is 11.7 Å². The van der Waals surface area contributed by atoms with Gasteiger partial charge in [0.15, 0.2) is 5.69 Å². The predicted octanol–water partition coefficient (Wildman–Crippen LogP) is 2.57. The molecule has 7 nitrogen and oxygen atoms in total. The molecule has 0 saturated carbocycles. The van der Waals surface area contributed by atoms with Gasteiger partial charge >= 0.3 is 0 Å². The first-order chi connectivity index (χ1) is 8.39. The Morgan fingerprint density at radius 3 is 2.61 bits per heavy atom. The summed E-state index contributed by atoms with van der Waals surface area (Å²) in [7, 11) is 1.79. The third kappa shape index (κ3) is 2.37. The number of azo groups is 1. The molecule has 0 saturated heterocycles. The Morgan fingerprint density at radius 2 is 2.06 bits per heavy atom. The van der Waals surface area contributed by atoms with E-state index >= 15 is 0 Å². The maximum absolute atomic E-state index is 5.95. The minimum Gasteiger partial charge on any atom is -0.382 e. The zero-order valence-electron chi connectivity index (χ0n) is 10.7. The molecule has 18 heavy (non-hydrogen) atoms. The lowest BCUT2D eigenvalue weighted by atomic mass is 9.91. The van der Waals surface area contributed by atoms with E-state index < -0.39 is 0 Å². The van der Waals surface area contributed by atoms with E-state index in [-0.39, 0.29) is 5.41 Å². The monoisotopic (exact) mass is 265 g/mol. The first-order valence-electron chi connectivity index (χ1n) is 5.41. The van der Waals surface area contributed by atoms with Crippen molar-refractivity contribution in [1.29, 1.82) is 0 Å². The molecule has 0 bridgehead atoms. The van der Waals surface area contributed by atoms with E-state index in [1.165, 1.54) is 17.9 Å². The molecular weight excluding hydrogens is 250 g/mol. The Labute approximate surface area is 109 Å². The summed E-state index contributed by atoms with van der Waals surface area (Å²) in [5.41, 5.74) is 7.22. The van der Waals surface area contributed by atoms with Crippen molar-refractivity contribution in [3.63, 3.8) is 0 Å². The molecule has 2 rings (SSSR count). The summed E-state index contributed by atoms with van der Waals surface area (Å²) < 4.78 is 5.46. The SMILES string of the molecule is Cn1nc(C(C)(C)C)c(N=Nc2ncns2)c1N. The fourth-order valence-electron chi connectivity index (χ4n) is 1.43. The van der Waals surface area contributed by atoms with E-state index in [2.05, 4.69) is 45.5 Å². The molecule has 8 heteroatoms. The standard InChI is InChI=1S/C10H15N7S/c1-10(2,3)7-6(8(11)17(4)16-7)14-15-9-12-5-13-18-9/h5H,11H2,1-4H3. The normalized spacial score (nSPS) is 12.4. The molecule has 0 aromatic carbocycles. The topological polar surface area (TPSA) is 94.3 Å². The number of rotatable bonds is 2. The molecule has 0 radical (unpaired) electrons. The van der Waals surface area contributed by atoms with E-state index in [1.807, 2.05) is 0 Å². The molecule has 2 N–H and O–H groups in total. The summed E-state index contributed by atoms with van der Waals surface area (Å²) in [6.45, 7) is 6.16. The van der Waals surface area contributed by atoms with Crippen LogP contribution in [0.25, 0.3) is 0 Å². The Hall–Kier alpha value is -1.83. The summed E-state index contributed by atoms with van der Waals surface area (Å²) >= 11 is 1.18. The van der Waals surface area contributed by atoms with Gasteiger partial charge in [-0.15, -0.1) is 10.2 Å². The first kappa shape index (κ1) is 12.6. The van der Waals surface area contributed by atoms with E-state index in [9.17, 15) is 0 Å². The van der Waals surface area contributed by atoms with Gasteiger partial charge < -0.3 is 5.73 Å². The fourth-order valence-corrected chi connectivity index (χ4v) is 1.79. The van der Waals surface area contributed by atoms with Crippen LogP contribution in [0.1, 0.15) is 26.5 Å². The molecule has 0 amide bonds. The number of aryl methyl sites for hydroxylation is 1. The van der Waals surface area contributed by atoms with Crippen molar-refractivity contribution < 1.29 is 0 Å². The molecule has 0 fully saturated rings. The highest BCUT2D eigenvalue weighted by Gasteiger charge is 2.25. The van der Waals surface area contributed by atoms with Gasteiger partial charge in [0.2, 0.25) is 5.13 Å². The fraction of sp³-hybridized carbons (Fsp3) is 0.500. The van der Waals surface area contributed by atoms with Gasteiger partial charge in [0, 0.05) is 24.0 Å². The molecule has 0 aliphatic heterocycles. The van der Waals surface area contributed by atoms with Gasteiger partial charge in [-0.05, 0) is 0 Å². The third-order valence-electron chi connectivity index (χ3n) is 2.36. The Balaban J connectivity index is 2.44. The van der Waals surface area contributed by atoms with Gasteiger partial charge in [0.05, 0.1) is 5.69 Å². The second-order valence-corrected chi connectivity index (χ2v) is 5.64. The summed E-state index contributed by atoms with van der Waals surface area (Å²) in [5, 5.41) is 13.1. The maximum atomic E-state index is 5.95. The van der Waals surface area contributed by atoms with Gasteiger partial charge in [-0.3, -0.25) is 4.68 Å². The van der Waals surface area contributed by atoms with E-state index in [0.29, 0.717) is 16.6 Å². The number of nitrogens with two attached hydrogens (primary N) is 1. The molecule has 0 aliphatic rings. The highest BCUT2D eigenvalue weighted by atomic mass is 32.1. The first-order valence-corrected chi connectivity index (χ1v) is 6.18. The Bertz CT molecular complexity index is 562. The molecule has 96 valence electrons. The molecule has 0 atom stereocenters. The van der Waals surface area contributed by atoms with Gasteiger partial charge in [0.25, 0.3) is 0 Å². The summed E-state index contributed by atoms with van der Waals surface area (Å²) in [4.78, 5) is 3.94. The molecule has 0 spiro atoms. The minimum atomic E-state index is -0.148. The van der Waals surface area contributed by atoms with Crippen LogP contribution < -0.4 is 5.73 Å². The average molecular weight is 265 g/mol. The van der Waals surface area contributed by atoms with E-state index in [0.717, 1.165) is 5.69 Å². The lowest BCUT2D eigenvalue weighted by Crippen LogP contribution is -2.12. The second kappa shape index (κ2) is 4.45. The number of nitrogen functional groups attached to an aromatic ring is 1. The van der Waals surface area contributed by atoms with Gasteiger partial charge in [-0.1, -0.05) is 20.8 Å². The van der Waals surface area contributed by atoms with Crippen LogP contribution in [-0.4, -0.2) is 19.1 Å². The number of anilines is 1. The van der Waals surface area contributed by atoms with Crippen LogP contribution in [0, 0.1) is 0 Å². The van der Waals surface area contributed by atoms with Crippen LogP contribution >= 0.6 is 11.5 Å². The van der Waals surface area contributed by atoms with Crippen molar-refractivity contribution in [2.45, 2.75) is 26.2 Å². The Morgan fingerprint density at radius 1 is 1.33 bits per heavy atom. The molecule has 2 aromatic heterocycles. The second-order valence-electron chi connectivity index (χ2n) is 4.88. The molecular formula is C10H15N7S. The largest absolute Gasteiger partial charge is 0.382 e. The highest BCUT2D eigenvalue weighted by molar-refractivity contribution is 7.09. The van der Waals surface area contributed by atoms with Crippen molar-refractivity contribution >= 4 is 28.2 Å². The quantitative estimate of drug-likeness (QED) is 0.844. The van der Waals surface area contributed by atoms with Crippen molar-refractivity contribution in [2.75, 3.05) is 5.73 Å². The minimum absolute atomic E-state index is 0.148. The number of hydrogen-bond donors (Lipinski definition) is 1. The maximum Gasteiger partial charge on any atom is 0.249 e. The molecule has 0 unspecified atom stereocenters. The van der Waals surface area contributed by atoms with E-state index in [4.69, 9.17) is 5.73 Å². The van der Waals surface area contributed by atoms with Crippen LogP contribution in [0.4, 0.5) is 16.6 Å². The van der Waals surface area contributed by atoms with Crippen LogP contribution in [-0.2, 0) is 12.5 Å². The lowest BCUT2D eigenvalue weighted by molar-refractivity contribution is 0.554. The predicted molar refractivity (Wildman–Crippen MR) is 70.4 cm³/mol. The molecule has 2 aromatic rings. The Kier molecular flexibility index (Phi) is 3.12. The van der Waals surface area contributed by atoms with Crippen molar-refractivity contribution in [3.05, 3.63) is 12.0 Å². The average Bonchev–Trinajstić information content (AvgIpc) is 2.86. The van der Waals surface area contributed by atoms with Gasteiger partial charge in [-0.2, -0.15) is 9.47 Å². The van der Waals surface area contributed by atoms with Crippen LogP contribution in [0.15, 0.2) is 16.6 Å². The number of hydrogen-bond acceptors (Lipinski definition) is 7. The smallest absolute Gasteiger partial charge is 0.249 e. The highest BCUT2D eigenvalue weighted by Crippen LogP contribution is 2.35. The number of aromatic nitrogens is 4. The summed E-state index contributed by atoms with van der Waals surface area (Å²) in [6.07, 6.45) is 1.44. The van der Waals surface area contributed by atoms with Crippen molar-refractivity contribution in [1.82, 2.24) is 19.1 Å². The van der Waals surface area contributed by atoms with Gasteiger partial charge in [-0.25, -0.2) is 4.98 Å². The lowest BCUT2D eigenvalue weighted by Gasteiger charge is -2.15. The summed E-state index contributed by atoms with van der Waals surface area (Å²) in [5.74, 6) is 0.494. The zero-order chi connectivity index (χ0) is 13.3. The zero-order valence-corrected chi connectivity index (χ0v) is 11.6. The summed E-state index contributed by atoms with van der Waals surface area (Å²) in [6, 6.07) is 0. The molecule has 0 aliphatic carbocycles. The van der Waals surface area contributed by atoms with Crippen LogP contribution in [0.2, 0.25) is 0 Å². The van der Waals surface area contributed by atoms with Gasteiger partial charge in [0.1, 0.15) is 12.1 Å². The number of nitrogens with zero attached hydrogens (tertiary/aromatic N) is 6. The van der Waals surface area contributed by atoms with Crippen LogP contribution in [0.5, 0.6) is 0 Å². The molecule has 2 heterocycles. The van der Waals surface area contributed by atoms with Crippen molar-refractivity contribution in [3.8, 4) is 0 Å². The third-order valence-corrected chi connectivity index (χ3v) is 2.91. The van der Waals surface area contributed by atoms with Crippen molar-refractivity contribution in [2.24, 2.45) is 17.3 Å². The van der Waals surface area contributed by atoms with Crippen LogP contribution in [0.3, 0.4) is 0 Å².